The van der Waals surface area contributed by atoms with Gasteiger partial charge in [0, 0.05) is 37.9 Å². The third-order valence-corrected chi connectivity index (χ3v) is 3.56. The summed E-state index contributed by atoms with van der Waals surface area (Å²) in [6.07, 6.45) is 0. The molecule has 1 saturated heterocycles. The third kappa shape index (κ3) is 2.90. The van der Waals surface area contributed by atoms with Crippen molar-refractivity contribution in [1.29, 1.82) is 0 Å². The van der Waals surface area contributed by atoms with E-state index in [0.717, 1.165) is 48.5 Å². The average molecular weight is 279 g/mol. The molecule has 2 aliphatic heterocycles. The fourth-order valence-corrected chi connectivity index (χ4v) is 2.49. The molecule has 0 spiro atoms. The van der Waals surface area contributed by atoms with E-state index in [4.69, 9.17) is 21.7 Å². The number of hydrogen-bond donors (Lipinski definition) is 2. The maximum atomic E-state index is 5.56. The van der Waals surface area contributed by atoms with Gasteiger partial charge >= 0.3 is 0 Å². The van der Waals surface area contributed by atoms with E-state index < -0.39 is 0 Å². The molecule has 0 amide bonds. The molecule has 1 aromatic rings. The largest absolute Gasteiger partial charge is 0.486 e. The highest BCUT2D eigenvalue weighted by atomic mass is 32.1. The van der Waals surface area contributed by atoms with E-state index in [-0.39, 0.29) is 0 Å². The zero-order chi connectivity index (χ0) is 13.1. The van der Waals surface area contributed by atoms with Crippen molar-refractivity contribution in [2.24, 2.45) is 0 Å². The zero-order valence-electron chi connectivity index (χ0n) is 10.6. The number of rotatable bonds is 1. The number of hydrogen-bond acceptors (Lipinski definition) is 4. The Hall–Kier alpha value is -1.53. The normalized spacial score (nSPS) is 18.0. The van der Waals surface area contributed by atoms with Crippen molar-refractivity contribution < 1.29 is 9.47 Å². The Balaban J connectivity index is 1.67. The Bertz CT molecular complexity index is 475. The van der Waals surface area contributed by atoms with Crippen LogP contribution in [0.25, 0.3) is 0 Å². The first-order chi connectivity index (χ1) is 9.33. The molecule has 0 aliphatic carbocycles. The quantitative estimate of drug-likeness (QED) is 0.750. The molecule has 1 aromatic carbocycles. The minimum absolute atomic E-state index is 0.596. The first-order valence-electron chi connectivity index (χ1n) is 6.49. The van der Waals surface area contributed by atoms with Gasteiger partial charge < -0.3 is 25.0 Å². The molecule has 19 heavy (non-hydrogen) atoms. The lowest BCUT2D eigenvalue weighted by atomic mass is 10.2. The molecular formula is C13H17N3O2S. The van der Waals surface area contributed by atoms with E-state index in [1.807, 2.05) is 18.2 Å². The van der Waals surface area contributed by atoms with Crippen LogP contribution >= 0.6 is 12.2 Å². The maximum absolute atomic E-state index is 5.56. The highest BCUT2D eigenvalue weighted by Gasteiger charge is 2.15. The maximum Gasteiger partial charge on any atom is 0.173 e. The summed E-state index contributed by atoms with van der Waals surface area (Å²) in [4.78, 5) is 2.17. The molecular weight excluding hydrogens is 262 g/mol. The van der Waals surface area contributed by atoms with Crippen LogP contribution in [0.15, 0.2) is 18.2 Å². The predicted octanol–water partition coefficient (Wildman–Crippen LogP) is 1.06. The summed E-state index contributed by atoms with van der Waals surface area (Å²) in [6.45, 7) is 5.04. The minimum atomic E-state index is 0.596. The average Bonchev–Trinajstić information content (AvgIpc) is 2.48. The summed E-state index contributed by atoms with van der Waals surface area (Å²) in [5.41, 5.74) is 0.938. The number of nitrogens with one attached hydrogen (secondary N) is 2. The standard InChI is InChI=1S/C13H17N3O2S/c19-13(16-5-3-14-4-6-16)15-10-1-2-11-12(9-10)18-8-7-17-11/h1-2,9,14H,3-8H2,(H,15,19). The number of benzene rings is 1. The fraction of sp³-hybridized carbons (Fsp3) is 0.462. The topological polar surface area (TPSA) is 45.8 Å². The lowest BCUT2D eigenvalue weighted by Gasteiger charge is -2.30. The molecule has 0 unspecified atom stereocenters. The Labute approximate surface area is 117 Å². The van der Waals surface area contributed by atoms with Crippen LogP contribution in [0.2, 0.25) is 0 Å². The van der Waals surface area contributed by atoms with Crippen LogP contribution in [0.4, 0.5) is 5.69 Å². The van der Waals surface area contributed by atoms with Crippen molar-refractivity contribution in [2.75, 3.05) is 44.7 Å². The fourth-order valence-electron chi connectivity index (χ4n) is 2.19. The van der Waals surface area contributed by atoms with Gasteiger partial charge in [0.2, 0.25) is 0 Å². The molecule has 3 rings (SSSR count). The van der Waals surface area contributed by atoms with Crippen LogP contribution in [-0.4, -0.2) is 49.4 Å². The van der Waals surface area contributed by atoms with Crippen molar-refractivity contribution in [1.82, 2.24) is 10.2 Å². The van der Waals surface area contributed by atoms with Crippen LogP contribution in [-0.2, 0) is 0 Å². The molecule has 0 atom stereocenters. The van der Waals surface area contributed by atoms with Crippen molar-refractivity contribution in [2.45, 2.75) is 0 Å². The summed E-state index contributed by atoms with van der Waals surface area (Å²) in [5.74, 6) is 1.57. The summed E-state index contributed by atoms with van der Waals surface area (Å²) in [7, 11) is 0. The Kier molecular flexibility index (Phi) is 3.70. The lowest BCUT2D eigenvalue weighted by Crippen LogP contribution is -2.47. The van der Waals surface area contributed by atoms with Gasteiger partial charge in [-0.2, -0.15) is 0 Å². The first-order valence-corrected chi connectivity index (χ1v) is 6.90. The van der Waals surface area contributed by atoms with Gasteiger partial charge in [-0.15, -0.1) is 0 Å². The molecule has 2 N–H and O–H groups in total. The number of anilines is 1. The van der Waals surface area contributed by atoms with Crippen LogP contribution in [0.3, 0.4) is 0 Å². The summed E-state index contributed by atoms with van der Waals surface area (Å²) >= 11 is 5.43. The molecule has 0 aromatic heterocycles. The molecule has 5 nitrogen and oxygen atoms in total. The Morgan fingerprint density at radius 3 is 2.68 bits per heavy atom. The van der Waals surface area contributed by atoms with E-state index in [0.29, 0.717) is 13.2 Å². The second-order valence-electron chi connectivity index (χ2n) is 4.53. The summed E-state index contributed by atoms with van der Waals surface area (Å²) in [6, 6.07) is 5.81. The van der Waals surface area contributed by atoms with Crippen molar-refractivity contribution in [3.63, 3.8) is 0 Å². The number of fused-ring (bicyclic) bond motifs is 1. The zero-order valence-corrected chi connectivity index (χ0v) is 11.5. The SMILES string of the molecule is S=C(Nc1ccc2c(c1)OCCO2)N1CCNCC1. The van der Waals surface area contributed by atoms with Gasteiger partial charge in [-0.05, 0) is 24.4 Å². The summed E-state index contributed by atoms with van der Waals surface area (Å²) < 4.78 is 11.1. The van der Waals surface area contributed by atoms with Gasteiger partial charge in [-0.25, -0.2) is 0 Å². The van der Waals surface area contributed by atoms with E-state index in [9.17, 15) is 0 Å². The van der Waals surface area contributed by atoms with Crippen molar-refractivity contribution in [3.05, 3.63) is 18.2 Å². The van der Waals surface area contributed by atoms with E-state index >= 15 is 0 Å². The predicted molar refractivity (Wildman–Crippen MR) is 78.1 cm³/mol. The molecule has 102 valence electrons. The van der Waals surface area contributed by atoms with Gasteiger partial charge in [-0.3, -0.25) is 0 Å². The highest BCUT2D eigenvalue weighted by Crippen LogP contribution is 2.32. The van der Waals surface area contributed by atoms with Crippen LogP contribution in [0.1, 0.15) is 0 Å². The first kappa shape index (κ1) is 12.5. The minimum Gasteiger partial charge on any atom is -0.486 e. The Morgan fingerprint density at radius 2 is 1.89 bits per heavy atom. The van der Waals surface area contributed by atoms with E-state index in [1.165, 1.54) is 0 Å². The Morgan fingerprint density at radius 1 is 1.16 bits per heavy atom. The molecule has 0 saturated carbocycles. The number of piperazine rings is 1. The van der Waals surface area contributed by atoms with Crippen LogP contribution in [0.5, 0.6) is 11.5 Å². The number of ether oxygens (including phenoxy) is 2. The van der Waals surface area contributed by atoms with Gasteiger partial charge in [0.05, 0.1) is 0 Å². The van der Waals surface area contributed by atoms with E-state index in [1.54, 1.807) is 0 Å². The highest BCUT2D eigenvalue weighted by molar-refractivity contribution is 7.80. The number of nitrogens with zero attached hydrogens (tertiary/aromatic N) is 1. The molecule has 0 radical (unpaired) electrons. The van der Waals surface area contributed by atoms with Crippen LogP contribution < -0.4 is 20.1 Å². The van der Waals surface area contributed by atoms with Gasteiger partial charge in [0.1, 0.15) is 13.2 Å². The van der Waals surface area contributed by atoms with Crippen LogP contribution in [0, 0.1) is 0 Å². The van der Waals surface area contributed by atoms with Crippen molar-refractivity contribution >= 4 is 23.0 Å². The second kappa shape index (κ2) is 5.63. The molecule has 2 aliphatic rings. The molecule has 6 heteroatoms. The van der Waals surface area contributed by atoms with E-state index in [2.05, 4.69) is 15.5 Å². The molecule has 2 heterocycles. The monoisotopic (exact) mass is 279 g/mol. The second-order valence-corrected chi connectivity index (χ2v) is 4.91. The smallest absolute Gasteiger partial charge is 0.173 e. The van der Waals surface area contributed by atoms with Gasteiger partial charge in [0.15, 0.2) is 16.6 Å². The lowest BCUT2D eigenvalue weighted by molar-refractivity contribution is 0.171. The van der Waals surface area contributed by atoms with Crippen molar-refractivity contribution in [3.8, 4) is 11.5 Å². The number of thiocarbonyl (C=S) groups is 1. The molecule has 0 bridgehead atoms. The summed E-state index contributed by atoms with van der Waals surface area (Å²) in [5, 5.41) is 7.33. The molecule has 1 fully saturated rings. The third-order valence-electron chi connectivity index (χ3n) is 3.20. The van der Waals surface area contributed by atoms with Gasteiger partial charge in [-0.1, -0.05) is 0 Å². The van der Waals surface area contributed by atoms with Gasteiger partial charge in [0.25, 0.3) is 0 Å².